The molecule has 0 bridgehead atoms. The van der Waals surface area contributed by atoms with Crippen molar-refractivity contribution in [3.05, 3.63) is 45.9 Å². The third-order valence-corrected chi connectivity index (χ3v) is 5.46. The lowest BCUT2D eigenvalue weighted by Gasteiger charge is -2.09. The van der Waals surface area contributed by atoms with Crippen molar-refractivity contribution in [2.75, 3.05) is 6.54 Å². The van der Waals surface area contributed by atoms with Gasteiger partial charge in [-0.1, -0.05) is 18.6 Å². The van der Waals surface area contributed by atoms with Gasteiger partial charge in [-0.15, -0.1) is 23.1 Å². The molecule has 0 spiro atoms. The van der Waals surface area contributed by atoms with E-state index in [1.54, 1.807) is 23.1 Å². The van der Waals surface area contributed by atoms with E-state index in [0.717, 1.165) is 34.2 Å². The van der Waals surface area contributed by atoms with Gasteiger partial charge in [-0.2, -0.15) is 0 Å². The SMILES string of the molecule is Cc1nc(CSc2ccccc2C(=O)NCCCCCC(=O)O)cs1. The molecule has 0 aliphatic rings. The van der Waals surface area contributed by atoms with Crippen molar-refractivity contribution in [3.8, 4) is 0 Å². The first-order valence-corrected chi connectivity index (χ1v) is 10.1. The van der Waals surface area contributed by atoms with E-state index in [2.05, 4.69) is 10.3 Å². The molecule has 0 saturated carbocycles. The summed E-state index contributed by atoms with van der Waals surface area (Å²) in [5, 5.41) is 14.6. The zero-order valence-corrected chi connectivity index (χ0v) is 15.8. The molecule has 0 fully saturated rings. The molecule has 2 aromatic rings. The number of carbonyl (C=O) groups is 2. The van der Waals surface area contributed by atoms with Crippen molar-refractivity contribution in [2.45, 2.75) is 43.3 Å². The normalized spacial score (nSPS) is 10.6. The van der Waals surface area contributed by atoms with Crippen molar-refractivity contribution in [1.29, 1.82) is 0 Å². The maximum atomic E-state index is 12.4. The molecule has 0 atom stereocenters. The number of carbonyl (C=O) groups excluding carboxylic acids is 1. The van der Waals surface area contributed by atoms with Crippen LogP contribution in [0.4, 0.5) is 0 Å². The summed E-state index contributed by atoms with van der Waals surface area (Å²) in [6, 6.07) is 7.57. The fourth-order valence-electron chi connectivity index (χ4n) is 2.28. The Labute approximate surface area is 155 Å². The molecule has 0 saturated heterocycles. The van der Waals surface area contributed by atoms with Crippen LogP contribution in [0.5, 0.6) is 0 Å². The molecule has 0 unspecified atom stereocenters. The van der Waals surface area contributed by atoms with E-state index in [1.165, 1.54) is 0 Å². The number of thiazole rings is 1. The molecule has 2 N–H and O–H groups in total. The lowest BCUT2D eigenvalue weighted by Crippen LogP contribution is -2.25. The summed E-state index contributed by atoms with van der Waals surface area (Å²) >= 11 is 3.24. The van der Waals surface area contributed by atoms with Crippen LogP contribution in [0, 0.1) is 6.92 Å². The van der Waals surface area contributed by atoms with Gasteiger partial charge in [0.05, 0.1) is 16.3 Å². The fraction of sp³-hybridized carbons (Fsp3) is 0.389. The van der Waals surface area contributed by atoms with Crippen molar-refractivity contribution in [2.24, 2.45) is 0 Å². The maximum absolute atomic E-state index is 12.4. The van der Waals surface area contributed by atoms with E-state index >= 15 is 0 Å². The number of nitrogens with one attached hydrogen (secondary N) is 1. The molecule has 0 aliphatic heterocycles. The molecular formula is C18H22N2O3S2. The number of carboxylic acid groups (broad SMARTS) is 1. The lowest BCUT2D eigenvalue weighted by atomic mass is 10.2. The van der Waals surface area contributed by atoms with Gasteiger partial charge in [0, 0.05) is 29.0 Å². The highest BCUT2D eigenvalue weighted by molar-refractivity contribution is 7.98. The zero-order valence-electron chi connectivity index (χ0n) is 14.2. The van der Waals surface area contributed by atoms with Gasteiger partial charge in [-0.3, -0.25) is 9.59 Å². The van der Waals surface area contributed by atoms with Crippen molar-refractivity contribution < 1.29 is 14.7 Å². The van der Waals surface area contributed by atoms with E-state index < -0.39 is 5.97 Å². The second-order valence-electron chi connectivity index (χ2n) is 5.60. The Bertz CT molecular complexity index is 716. The molecule has 1 aromatic heterocycles. The first-order valence-electron chi connectivity index (χ1n) is 8.19. The van der Waals surface area contributed by atoms with Crippen LogP contribution in [0.25, 0.3) is 0 Å². The molecular weight excluding hydrogens is 356 g/mol. The molecule has 7 heteroatoms. The first kappa shape index (κ1) is 19.5. The molecule has 1 aromatic carbocycles. The Kier molecular flexibility index (Phi) is 7.94. The van der Waals surface area contributed by atoms with Crippen LogP contribution in [0.3, 0.4) is 0 Å². The highest BCUT2D eigenvalue weighted by Gasteiger charge is 2.11. The lowest BCUT2D eigenvalue weighted by molar-refractivity contribution is -0.137. The highest BCUT2D eigenvalue weighted by atomic mass is 32.2. The second kappa shape index (κ2) is 10.2. The van der Waals surface area contributed by atoms with Crippen molar-refractivity contribution in [1.82, 2.24) is 10.3 Å². The third-order valence-electron chi connectivity index (χ3n) is 3.53. The number of aryl methyl sites for hydroxylation is 1. The van der Waals surface area contributed by atoms with Gasteiger partial charge in [0.1, 0.15) is 0 Å². The van der Waals surface area contributed by atoms with Gasteiger partial charge in [-0.05, 0) is 31.9 Å². The second-order valence-corrected chi connectivity index (χ2v) is 7.68. The monoisotopic (exact) mass is 378 g/mol. The van der Waals surface area contributed by atoms with E-state index in [4.69, 9.17) is 5.11 Å². The number of hydrogen-bond donors (Lipinski definition) is 2. The van der Waals surface area contributed by atoms with Gasteiger partial charge in [0.15, 0.2) is 0 Å². The molecule has 1 amide bonds. The molecule has 5 nitrogen and oxygen atoms in total. The Hall–Kier alpha value is -1.86. The van der Waals surface area contributed by atoms with Crippen molar-refractivity contribution >= 4 is 35.0 Å². The number of aromatic nitrogens is 1. The van der Waals surface area contributed by atoms with Crippen LogP contribution in [-0.2, 0) is 10.5 Å². The largest absolute Gasteiger partial charge is 0.481 e. The predicted octanol–water partition coefficient (Wildman–Crippen LogP) is 4.12. The topological polar surface area (TPSA) is 79.3 Å². The van der Waals surface area contributed by atoms with Gasteiger partial charge < -0.3 is 10.4 Å². The third kappa shape index (κ3) is 6.88. The Balaban J connectivity index is 1.82. The van der Waals surface area contributed by atoms with E-state index in [-0.39, 0.29) is 12.3 Å². The van der Waals surface area contributed by atoms with Crippen LogP contribution in [0.2, 0.25) is 0 Å². The number of amides is 1. The molecule has 134 valence electrons. The van der Waals surface area contributed by atoms with E-state index in [9.17, 15) is 9.59 Å². The summed E-state index contributed by atoms with van der Waals surface area (Å²) < 4.78 is 0. The number of benzene rings is 1. The van der Waals surface area contributed by atoms with Crippen molar-refractivity contribution in [3.63, 3.8) is 0 Å². The average Bonchev–Trinajstić information content (AvgIpc) is 3.01. The number of nitrogens with zero attached hydrogens (tertiary/aromatic N) is 1. The summed E-state index contributed by atoms with van der Waals surface area (Å²) in [6.07, 6.45) is 2.41. The maximum Gasteiger partial charge on any atom is 0.303 e. The number of aliphatic carboxylic acids is 1. The van der Waals surface area contributed by atoms with Crippen LogP contribution < -0.4 is 5.32 Å². The smallest absolute Gasteiger partial charge is 0.303 e. The zero-order chi connectivity index (χ0) is 18.1. The van der Waals surface area contributed by atoms with Crippen LogP contribution >= 0.6 is 23.1 Å². The minimum atomic E-state index is -0.773. The molecule has 0 radical (unpaired) electrons. The molecule has 25 heavy (non-hydrogen) atoms. The summed E-state index contributed by atoms with van der Waals surface area (Å²) in [4.78, 5) is 28.2. The van der Waals surface area contributed by atoms with E-state index in [0.29, 0.717) is 18.5 Å². The van der Waals surface area contributed by atoms with Gasteiger partial charge in [0.2, 0.25) is 0 Å². The number of unbranched alkanes of at least 4 members (excludes halogenated alkanes) is 2. The molecule has 1 heterocycles. The minimum Gasteiger partial charge on any atom is -0.481 e. The quantitative estimate of drug-likeness (QED) is 0.480. The Morgan fingerprint density at radius 1 is 1.24 bits per heavy atom. The Morgan fingerprint density at radius 3 is 2.76 bits per heavy atom. The number of thioether (sulfide) groups is 1. The standard InChI is InChI=1S/C18H22N2O3S2/c1-13-20-14(11-24-13)12-25-16-8-5-4-7-15(16)18(23)19-10-6-2-3-9-17(21)22/h4-5,7-8,11H,2-3,6,9-10,12H2,1H3,(H,19,23)(H,21,22). The first-order chi connectivity index (χ1) is 12.1. The summed E-state index contributed by atoms with van der Waals surface area (Å²) in [6.45, 7) is 2.54. The summed E-state index contributed by atoms with van der Waals surface area (Å²) in [5.74, 6) is -0.120. The van der Waals surface area contributed by atoms with Crippen LogP contribution in [0.1, 0.15) is 46.7 Å². The Morgan fingerprint density at radius 2 is 2.04 bits per heavy atom. The number of carboxylic acids is 1. The summed E-state index contributed by atoms with van der Waals surface area (Å²) in [5.41, 5.74) is 1.70. The van der Waals surface area contributed by atoms with Gasteiger partial charge >= 0.3 is 5.97 Å². The van der Waals surface area contributed by atoms with Gasteiger partial charge in [0.25, 0.3) is 5.91 Å². The molecule has 2 rings (SSSR count). The minimum absolute atomic E-state index is 0.0872. The van der Waals surface area contributed by atoms with E-state index in [1.807, 2.05) is 36.6 Å². The molecule has 0 aliphatic carbocycles. The average molecular weight is 379 g/mol. The predicted molar refractivity (Wildman–Crippen MR) is 101 cm³/mol. The summed E-state index contributed by atoms with van der Waals surface area (Å²) in [7, 11) is 0. The fourth-order valence-corrected chi connectivity index (χ4v) is 3.94. The van der Waals surface area contributed by atoms with Gasteiger partial charge in [-0.25, -0.2) is 4.98 Å². The number of hydrogen-bond acceptors (Lipinski definition) is 5. The highest BCUT2D eigenvalue weighted by Crippen LogP contribution is 2.26. The van der Waals surface area contributed by atoms with Crippen LogP contribution in [0.15, 0.2) is 34.5 Å². The van der Waals surface area contributed by atoms with Crippen LogP contribution in [-0.4, -0.2) is 28.5 Å². The number of rotatable bonds is 10.